The van der Waals surface area contributed by atoms with Crippen LogP contribution in [0.2, 0.25) is 10.0 Å². The van der Waals surface area contributed by atoms with Gasteiger partial charge in [0, 0.05) is 15.7 Å². The molecule has 0 radical (unpaired) electrons. The fourth-order valence-electron chi connectivity index (χ4n) is 4.43. The molecule has 3 aromatic rings. The number of methoxy groups -OCH3 is 1. The number of hydrogen-bond acceptors (Lipinski definition) is 9. The molecule has 1 heterocycles. The summed E-state index contributed by atoms with van der Waals surface area (Å²) in [5.41, 5.74) is 5.30. The summed E-state index contributed by atoms with van der Waals surface area (Å²) >= 11 is 19.1. The Kier molecular flexibility index (Phi) is 12.6. The molecule has 0 fully saturated rings. The molecule has 4 N–H and O–H groups in total. The molecule has 1 aliphatic rings. The minimum atomic E-state index is -1.19. The highest BCUT2D eigenvalue weighted by atomic mass is 79.9. The molecule has 0 saturated heterocycles. The third-order valence-electron chi connectivity index (χ3n) is 6.50. The molecule has 0 aliphatic carbocycles. The van der Waals surface area contributed by atoms with Crippen molar-refractivity contribution in [3.05, 3.63) is 95.5 Å². The average molecular weight is 801 g/mol. The maximum Gasteiger partial charge on any atom is 0.337 e. The summed E-state index contributed by atoms with van der Waals surface area (Å²) in [5, 5.41) is 20.9. The molecule has 4 rings (SSSR count). The number of nitrogens with one attached hydrogen (secondary N) is 3. The van der Waals surface area contributed by atoms with E-state index in [-0.39, 0.29) is 18.8 Å². The smallest absolute Gasteiger partial charge is 0.337 e. The van der Waals surface area contributed by atoms with Crippen LogP contribution in [0.25, 0.3) is 0 Å². The number of benzene rings is 3. The van der Waals surface area contributed by atoms with E-state index < -0.39 is 24.3 Å². The third-order valence-corrected chi connectivity index (χ3v) is 8.29. The van der Waals surface area contributed by atoms with Crippen molar-refractivity contribution in [1.82, 2.24) is 16.1 Å². The van der Waals surface area contributed by atoms with E-state index in [0.29, 0.717) is 55.2 Å². The molecule has 244 valence electrons. The minimum Gasteiger partial charge on any atom is -0.490 e. The number of carbonyl (C=O) groups excluding carboxylic acids is 2. The van der Waals surface area contributed by atoms with E-state index in [4.69, 9.17) is 42.1 Å². The zero-order valence-electron chi connectivity index (χ0n) is 24.8. The van der Waals surface area contributed by atoms with Gasteiger partial charge in [-0.15, -0.1) is 0 Å². The van der Waals surface area contributed by atoms with Crippen LogP contribution in [-0.4, -0.2) is 49.9 Å². The Hall–Kier alpha value is -3.49. The first-order chi connectivity index (χ1) is 22.0. The molecule has 1 aliphatic heterocycles. The number of esters is 1. The number of aliphatic hydroxyl groups excluding tert-OH is 1. The van der Waals surface area contributed by atoms with Gasteiger partial charge >= 0.3 is 12.0 Å². The topological polar surface area (TPSA) is 140 Å². The number of urea groups is 1. The summed E-state index contributed by atoms with van der Waals surface area (Å²) < 4.78 is 24.0. The molecule has 2 atom stereocenters. The summed E-state index contributed by atoms with van der Waals surface area (Å²) in [4.78, 5) is 24.7. The molecule has 0 aromatic heterocycles. The molecule has 0 saturated carbocycles. The number of hydrogen-bond donors (Lipinski definition) is 4. The van der Waals surface area contributed by atoms with E-state index in [2.05, 4.69) is 53.0 Å². The van der Waals surface area contributed by atoms with Crippen molar-refractivity contribution in [2.75, 3.05) is 20.3 Å². The van der Waals surface area contributed by atoms with Gasteiger partial charge in [0.25, 0.3) is 0 Å². The molecular formula is C31H30Br2Cl2N4O7. The van der Waals surface area contributed by atoms with E-state index >= 15 is 0 Å². The zero-order valence-corrected chi connectivity index (χ0v) is 29.5. The van der Waals surface area contributed by atoms with Gasteiger partial charge in [-0.1, -0.05) is 51.3 Å². The van der Waals surface area contributed by atoms with Gasteiger partial charge in [0.15, 0.2) is 17.7 Å². The van der Waals surface area contributed by atoms with Crippen molar-refractivity contribution in [3.8, 4) is 17.2 Å². The summed E-state index contributed by atoms with van der Waals surface area (Å²) in [6.07, 6.45) is 0.312. The Labute approximate surface area is 292 Å². The number of aliphatic hydroxyl groups is 1. The molecule has 2 amide bonds. The molecule has 3 aromatic carbocycles. The highest BCUT2D eigenvalue weighted by molar-refractivity contribution is 9.11. The van der Waals surface area contributed by atoms with Crippen molar-refractivity contribution in [3.63, 3.8) is 0 Å². The molecule has 11 nitrogen and oxygen atoms in total. The van der Waals surface area contributed by atoms with Crippen LogP contribution in [0.4, 0.5) is 4.79 Å². The molecule has 46 heavy (non-hydrogen) atoms. The Bertz CT molecular complexity index is 1670. The Morgan fingerprint density at radius 2 is 1.87 bits per heavy atom. The first-order valence-corrected chi connectivity index (χ1v) is 16.1. The van der Waals surface area contributed by atoms with E-state index in [1.807, 2.05) is 18.2 Å². The number of halogens is 4. The van der Waals surface area contributed by atoms with Crippen molar-refractivity contribution in [1.29, 1.82) is 0 Å². The maximum absolute atomic E-state index is 12.5. The molecule has 15 heteroatoms. The van der Waals surface area contributed by atoms with Crippen LogP contribution >= 0.6 is 55.1 Å². The van der Waals surface area contributed by atoms with Gasteiger partial charge < -0.3 is 34.7 Å². The molecule has 0 unspecified atom stereocenters. The normalized spacial score (nSPS) is 15.2. The fraction of sp³-hybridized carbons (Fsp3) is 0.258. The van der Waals surface area contributed by atoms with Gasteiger partial charge in [0.2, 0.25) is 0 Å². The van der Waals surface area contributed by atoms with Crippen molar-refractivity contribution in [2.24, 2.45) is 5.10 Å². The van der Waals surface area contributed by atoms with E-state index in [9.17, 15) is 14.7 Å². The number of nitrogens with zero attached hydrogens (tertiary/aromatic N) is 1. The largest absolute Gasteiger partial charge is 0.490 e. The average Bonchev–Trinajstić information content (AvgIpc) is 3.01. The predicted molar refractivity (Wildman–Crippen MR) is 182 cm³/mol. The van der Waals surface area contributed by atoms with Gasteiger partial charge in [-0.3, -0.25) is 5.43 Å². The number of allylic oxidation sites excluding steroid dienone is 1. The number of carbonyl (C=O) groups is 2. The van der Waals surface area contributed by atoms with Crippen LogP contribution in [0.1, 0.15) is 36.6 Å². The quantitative estimate of drug-likeness (QED) is 0.0656. The second-order valence-electron chi connectivity index (χ2n) is 9.76. The number of hydrazone groups is 1. The summed E-state index contributed by atoms with van der Waals surface area (Å²) in [6.45, 7) is 3.79. The summed E-state index contributed by atoms with van der Waals surface area (Å²) in [6, 6.07) is 12.7. The molecular weight excluding hydrogens is 771 g/mol. The van der Waals surface area contributed by atoms with E-state index in [1.165, 1.54) is 13.3 Å². The lowest BCUT2D eigenvalue weighted by molar-refractivity contribution is -0.136. The van der Waals surface area contributed by atoms with Crippen LogP contribution < -0.4 is 30.3 Å². The fourth-order valence-corrected chi connectivity index (χ4v) is 6.12. The first-order valence-electron chi connectivity index (χ1n) is 13.8. The number of amides is 2. The Morgan fingerprint density at radius 3 is 2.59 bits per heavy atom. The maximum atomic E-state index is 12.5. The first kappa shape index (κ1) is 35.4. The van der Waals surface area contributed by atoms with Gasteiger partial charge in [0.05, 0.1) is 46.1 Å². The van der Waals surface area contributed by atoms with Crippen molar-refractivity contribution in [2.45, 2.75) is 32.7 Å². The van der Waals surface area contributed by atoms with Gasteiger partial charge in [-0.25, -0.2) is 9.59 Å². The van der Waals surface area contributed by atoms with Crippen LogP contribution in [0.5, 0.6) is 17.2 Å². The standard InChI is InChI=1S/C31H30Br2Cl2N4O7/c1-4-44-25-11-18(28-27(30(41)43-3)16(2)37-31(42)38-28)6-8-24(25)45-15-26(40)39-36-13-19-10-20(32)12-21(33)29(19)46-14-17-5-7-22(34)23(35)9-17/h5-13,26,28,39-40H,4,14-15H2,1-3H3,(H2,37,38,42)/b36-13+/t26-,28-/m0/s1. The lowest BCUT2D eigenvalue weighted by Crippen LogP contribution is -2.45. The Balaban J connectivity index is 1.43. The van der Waals surface area contributed by atoms with E-state index in [0.717, 1.165) is 10.0 Å². The highest BCUT2D eigenvalue weighted by Crippen LogP contribution is 2.35. The van der Waals surface area contributed by atoms with Gasteiger partial charge in [-0.05, 0) is 77.3 Å². The van der Waals surface area contributed by atoms with Crippen LogP contribution in [0.3, 0.4) is 0 Å². The predicted octanol–water partition coefficient (Wildman–Crippen LogP) is 6.62. The van der Waals surface area contributed by atoms with E-state index in [1.54, 1.807) is 44.2 Å². The third kappa shape index (κ3) is 9.07. The monoisotopic (exact) mass is 798 g/mol. The molecule has 0 bridgehead atoms. The second-order valence-corrected chi connectivity index (χ2v) is 12.3. The van der Waals surface area contributed by atoms with Crippen molar-refractivity contribution >= 4 is 73.3 Å². The minimum absolute atomic E-state index is 0.184. The summed E-state index contributed by atoms with van der Waals surface area (Å²) in [7, 11) is 1.27. The Morgan fingerprint density at radius 1 is 1.09 bits per heavy atom. The molecule has 0 spiro atoms. The van der Waals surface area contributed by atoms with Crippen LogP contribution in [0, 0.1) is 0 Å². The summed E-state index contributed by atoms with van der Waals surface area (Å²) in [5.74, 6) is 0.638. The SMILES string of the molecule is CCOc1cc([C@@H]2NC(=O)NC(C)=C2C(=O)OC)ccc1OC[C@H](O)N/N=C/c1cc(Br)cc(Br)c1OCc1ccc(Cl)c(Cl)c1. The van der Waals surface area contributed by atoms with Crippen LogP contribution in [-0.2, 0) is 16.1 Å². The lowest BCUT2D eigenvalue weighted by Gasteiger charge is -2.28. The number of rotatable bonds is 13. The number of ether oxygens (including phenoxy) is 4. The van der Waals surface area contributed by atoms with Crippen molar-refractivity contribution < 1.29 is 33.6 Å². The van der Waals surface area contributed by atoms with Gasteiger partial charge in [-0.2, -0.15) is 5.10 Å². The lowest BCUT2D eigenvalue weighted by atomic mass is 9.95. The zero-order chi connectivity index (χ0) is 33.4. The highest BCUT2D eigenvalue weighted by Gasteiger charge is 2.32. The van der Waals surface area contributed by atoms with Gasteiger partial charge in [0.1, 0.15) is 19.0 Å². The second kappa shape index (κ2) is 16.4. The van der Waals surface area contributed by atoms with Crippen LogP contribution in [0.15, 0.2) is 73.8 Å².